The van der Waals surface area contributed by atoms with E-state index < -0.39 is 24.5 Å². The molecule has 0 aliphatic carbocycles. The van der Waals surface area contributed by atoms with Crippen LogP contribution in [0.2, 0.25) is 0 Å². The molecule has 0 fully saturated rings. The van der Waals surface area contributed by atoms with Crippen LogP contribution in [-0.4, -0.2) is 92.5 Å². The largest absolute Gasteiger partial charge is 0.481 e. The van der Waals surface area contributed by atoms with Gasteiger partial charge in [0.25, 0.3) is 0 Å². The average molecular weight is 180 g/mol. The van der Waals surface area contributed by atoms with Crippen LogP contribution in [0.15, 0.2) is 0 Å². The molecule has 0 unspecified atom stereocenters. The molecule has 54 valence electrons. The third-order valence-electron chi connectivity index (χ3n) is 0.653. The van der Waals surface area contributed by atoms with Gasteiger partial charge in [-0.1, -0.05) is 0 Å². The van der Waals surface area contributed by atoms with Crippen LogP contribution in [0.25, 0.3) is 0 Å². The predicted molar refractivity (Wildman–Crippen MR) is 37.4 cm³/mol. The fraction of sp³-hybridized carbons (Fsp3) is 0.500. The van der Waals surface area contributed by atoms with Crippen LogP contribution in [-0.2, 0) is 9.59 Å². The number of aliphatic hydroxyl groups excluding tert-OH is 1. The summed E-state index contributed by atoms with van der Waals surface area (Å²) in [5.74, 6) is -2.85. The van der Waals surface area contributed by atoms with Crippen molar-refractivity contribution in [2.75, 3.05) is 0 Å². The molecule has 0 rings (SSSR count). The van der Waals surface area contributed by atoms with Crippen LogP contribution in [0.1, 0.15) is 6.42 Å². The molecule has 0 aliphatic heterocycles. The van der Waals surface area contributed by atoms with E-state index in [4.69, 9.17) is 15.3 Å². The summed E-state index contributed by atoms with van der Waals surface area (Å²) >= 11 is 0. The van der Waals surface area contributed by atoms with Crippen molar-refractivity contribution in [2.45, 2.75) is 12.5 Å². The van der Waals surface area contributed by atoms with Crippen LogP contribution in [0.4, 0.5) is 0 Å². The Kier molecular flexibility index (Phi) is 14.6. The molecule has 11 heavy (non-hydrogen) atoms. The molecule has 2 radical (unpaired) electrons. The second-order valence-corrected chi connectivity index (χ2v) is 1.45. The number of hydrogen-bond acceptors (Lipinski definition) is 3. The summed E-state index contributed by atoms with van der Waals surface area (Å²) in [6.07, 6.45) is -2.54. The Morgan fingerprint density at radius 2 is 1.55 bits per heavy atom. The molecule has 5 nitrogen and oxygen atoms in total. The molecular formula is C4H6Na2O5. The van der Waals surface area contributed by atoms with Crippen molar-refractivity contribution in [2.24, 2.45) is 0 Å². The smallest absolute Gasteiger partial charge is 0.333 e. The molecule has 0 amide bonds. The van der Waals surface area contributed by atoms with Gasteiger partial charge in [0.15, 0.2) is 6.10 Å². The molecular weight excluding hydrogens is 174 g/mol. The molecule has 0 saturated carbocycles. The first-order valence-corrected chi connectivity index (χ1v) is 2.16. The van der Waals surface area contributed by atoms with Gasteiger partial charge in [0, 0.05) is 59.1 Å². The van der Waals surface area contributed by atoms with Crippen molar-refractivity contribution < 1.29 is 24.9 Å². The SMILES string of the molecule is O=C(O)C[C@H](O)C(=O)O.[Na].[Na]. The van der Waals surface area contributed by atoms with Crippen LogP contribution < -0.4 is 0 Å². The first kappa shape index (κ1) is 17.8. The van der Waals surface area contributed by atoms with Crippen molar-refractivity contribution in [3.63, 3.8) is 0 Å². The quantitative estimate of drug-likeness (QED) is 0.443. The molecule has 7 heteroatoms. The summed E-state index contributed by atoms with van der Waals surface area (Å²) in [5.41, 5.74) is 0. The number of hydrogen-bond donors (Lipinski definition) is 3. The van der Waals surface area contributed by atoms with Crippen molar-refractivity contribution in [3.8, 4) is 0 Å². The number of carboxylic acids is 2. The Morgan fingerprint density at radius 3 is 1.64 bits per heavy atom. The van der Waals surface area contributed by atoms with Crippen molar-refractivity contribution in [1.82, 2.24) is 0 Å². The molecule has 0 aromatic carbocycles. The standard InChI is InChI=1S/C4H6O5.2Na/c5-2(4(8)9)1-3(6)7;;/h2,5H,1H2,(H,6,7)(H,8,9);;/t2-;;/m0../s1. The summed E-state index contributed by atoms with van der Waals surface area (Å²) in [6.45, 7) is 0. The summed E-state index contributed by atoms with van der Waals surface area (Å²) in [6, 6.07) is 0. The monoisotopic (exact) mass is 180 g/mol. The van der Waals surface area contributed by atoms with Gasteiger partial charge < -0.3 is 15.3 Å². The van der Waals surface area contributed by atoms with Crippen molar-refractivity contribution in [1.29, 1.82) is 0 Å². The van der Waals surface area contributed by atoms with Gasteiger partial charge in [-0.3, -0.25) is 4.79 Å². The summed E-state index contributed by atoms with van der Waals surface area (Å²) < 4.78 is 0. The van der Waals surface area contributed by atoms with Gasteiger partial charge in [0.05, 0.1) is 6.42 Å². The van der Waals surface area contributed by atoms with E-state index in [1.165, 1.54) is 0 Å². The van der Waals surface area contributed by atoms with E-state index in [1.807, 2.05) is 0 Å². The third kappa shape index (κ3) is 10.9. The number of rotatable bonds is 3. The van der Waals surface area contributed by atoms with Crippen LogP contribution in [0.5, 0.6) is 0 Å². The Bertz CT molecular complexity index is 136. The second-order valence-electron chi connectivity index (χ2n) is 1.45. The molecule has 0 aromatic heterocycles. The van der Waals surface area contributed by atoms with Crippen LogP contribution in [0, 0.1) is 0 Å². The van der Waals surface area contributed by atoms with Crippen molar-refractivity contribution in [3.05, 3.63) is 0 Å². The van der Waals surface area contributed by atoms with E-state index in [9.17, 15) is 9.59 Å². The maximum absolute atomic E-state index is 9.72. The minimum Gasteiger partial charge on any atom is -0.481 e. The molecule has 0 aromatic rings. The number of aliphatic hydroxyl groups is 1. The molecule has 1 atom stereocenters. The summed E-state index contributed by atoms with van der Waals surface area (Å²) in [4.78, 5) is 19.4. The number of carboxylic acid groups (broad SMARTS) is 2. The zero-order chi connectivity index (χ0) is 7.44. The maximum atomic E-state index is 9.72. The second kappa shape index (κ2) is 8.99. The zero-order valence-corrected chi connectivity index (χ0v) is 10.4. The fourth-order valence-electron chi connectivity index (χ4n) is 0.253. The number of carbonyl (C=O) groups is 2. The minimum absolute atomic E-state index is 0. The molecule has 0 aliphatic rings. The Hall–Kier alpha value is 0.900. The molecule has 0 heterocycles. The average Bonchev–Trinajstić information content (AvgIpc) is 1.63. The topological polar surface area (TPSA) is 94.8 Å². The summed E-state index contributed by atoms with van der Waals surface area (Å²) in [7, 11) is 0. The molecule has 0 saturated heterocycles. The van der Waals surface area contributed by atoms with Gasteiger partial charge in [-0.2, -0.15) is 0 Å². The Morgan fingerprint density at radius 1 is 1.18 bits per heavy atom. The minimum atomic E-state index is -1.79. The van der Waals surface area contributed by atoms with Crippen LogP contribution in [0.3, 0.4) is 0 Å². The number of aliphatic carboxylic acids is 2. The van der Waals surface area contributed by atoms with Gasteiger partial charge in [0.2, 0.25) is 0 Å². The zero-order valence-electron chi connectivity index (χ0n) is 6.44. The maximum Gasteiger partial charge on any atom is 0.333 e. The molecule has 0 bridgehead atoms. The van der Waals surface area contributed by atoms with E-state index in [-0.39, 0.29) is 59.1 Å². The van der Waals surface area contributed by atoms with Gasteiger partial charge in [-0.15, -0.1) is 0 Å². The fourth-order valence-corrected chi connectivity index (χ4v) is 0.253. The van der Waals surface area contributed by atoms with E-state index in [2.05, 4.69) is 0 Å². The van der Waals surface area contributed by atoms with E-state index in [0.717, 1.165) is 0 Å². The van der Waals surface area contributed by atoms with Gasteiger partial charge in [-0.05, 0) is 0 Å². The van der Waals surface area contributed by atoms with Crippen molar-refractivity contribution >= 4 is 71.1 Å². The van der Waals surface area contributed by atoms with Gasteiger partial charge in [0.1, 0.15) is 0 Å². The Balaban J connectivity index is -0.000000320. The van der Waals surface area contributed by atoms with Crippen LogP contribution >= 0.6 is 0 Å². The van der Waals surface area contributed by atoms with Gasteiger partial charge >= 0.3 is 11.9 Å². The van der Waals surface area contributed by atoms with E-state index in [0.29, 0.717) is 0 Å². The molecule has 3 N–H and O–H groups in total. The predicted octanol–water partition coefficient (Wildman–Crippen LogP) is -1.85. The summed E-state index contributed by atoms with van der Waals surface area (Å²) in [5, 5.41) is 24.1. The van der Waals surface area contributed by atoms with E-state index >= 15 is 0 Å². The normalized spacial score (nSPS) is 10.3. The molecule has 0 spiro atoms. The van der Waals surface area contributed by atoms with Gasteiger partial charge in [-0.25, -0.2) is 4.79 Å². The Labute approximate surface area is 107 Å². The first-order valence-electron chi connectivity index (χ1n) is 2.16. The third-order valence-corrected chi connectivity index (χ3v) is 0.653. The van der Waals surface area contributed by atoms with E-state index in [1.54, 1.807) is 0 Å². The first-order chi connectivity index (χ1) is 4.04.